The fourth-order valence-corrected chi connectivity index (χ4v) is 3.61. The number of anilines is 1. The van der Waals surface area contributed by atoms with Gasteiger partial charge in [-0.15, -0.1) is 0 Å². The molecule has 1 fully saturated rings. The van der Waals surface area contributed by atoms with E-state index in [0.29, 0.717) is 13.1 Å². The number of nitrogens with zero attached hydrogens (tertiary/aromatic N) is 4. The van der Waals surface area contributed by atoms with Gasteiger partial charge in [-0.25, -0.2) is 0 Å². The molecular formula is C21H27N5O2. The van der Waals surface area contributed by atoms with Crippen LogP contribution in [0.3, 0.4) is 0 Å². The maximum atomic E-state index is 12.5. The molecule has 0 spiro atoms. The standard InChI is InChI=1S/C21H27N5O2/c1-15(27)24-18-8-4-6-16(12-18)20-21(23-10-9-22-20)17-7-5-11-26(13-17)19(28)14-25(2)3/h4,6,8-10,12,17H,5,7,11,13-14H2,1-3H3,(H,24,27)/t17-/m0/s1. The normalized spacial score (nSPS) is 16.9. The van der Waals surface area contributed by atoms with Crippen molar-refractivity contribution < 1.29 is 9.59 Å². The molecule has 0 radical (unpaired) electrons. The Hall–Kier alpha value is -2.80. The third-order valence-corrected chi connectivity index (χ3v) is 4.80. The zero-order valence-corrected chi connectivity index (χ0v) is 16.7. The number of hydrogen-bond donors (Lipinski definition) is 1. The van der Waals surface area contributed by atoms with Gasteiger partial charge in [-0.3, -0.25) is 19.6 Å². The number of benzene rings is 1. The minimum atomic E-state index is -0.112. The predicted octanol–water partition coefficient (Wildman–Crippen LogP) is 2.37. The van der Waals surface area contributed by atoms with E-state index in [2.05, 4.69) is 15.3 Å². The molecule has 0 saturated carbocycles. The lowest BCUT2D eigenvalue weighted by atomic mass is 9.91. The summed E-state index contributed by atoms with van der Waals surface area (Å²) < 4.78 is 0. The van der Waals surface area contributed by atoms with Crippen molar-refractivity contribution in [3.63, 3.8) is 0 Å². The van der Waals surface area contributed by atoms with Crippen LogP contribution >= 0.6 is 0 Å². The second kappa shape index (κ2) is 8.93. The zero-order valence-electron chi connectivity index (χ0n) is 16.7. The molecule has 1 aromatic heterocycles. The van der Waals surface area contributed by atoms with E-state index >= 15 is 0 Å². The van der Waals surface area contributed by atoms with E-state index in [-0.39, 0.29) is 17.7 Å². The smallest absolute Gasteiger partial charge is 0.236 e. The van der Waals surface area contributed by atoms with Gasteiger partial charge >= 0.3 is 0 Å². The fourth-order valence-electron chi connectivity index (χ4n) is 3.61. The van der Waals surface area contributed by atoms with E-state index in [1.54, 1.807) is 12.4 Å². The Balaban J connectivity index is 1.86. The van der Waals surface area contributed by atoms with E-state index in [1.165, 1.54) is 6.92 Å². The largest absolute Gasteiger partial charge is 0.341 e. The topological polar surface area (TPSA) is 78.4 Å². The van der Waals surface area contributed by atoms with Crippen molar-refractivity contribution in [2.75, 3.05) is 39.0 Å². The van der Waals surface area contributed by atoms with Gasteiger partial charge in [-0.05, 0) is 39.1 Å². The van der Waals surface area contributed by atoms with Gasteiger partial charge in [0.1, 0.15) is 0 Å². The maximum absolute atomic E-state index is 12.5. The Kier molecular flexibility index (Phi) is 6.36. The van der Waals surface area contributed by atoms with Crippen LogP contribution in [-0.2, 0) is 9.59 Å². The molecule has 1 aromatic carbocycles. The average molecular weight is 381 g/mol. The minimum absolute atomic E-state index is 0.112. The Morgan fingerprint density at radius 2 is 2.04 bits per heavy atom. The van der Waals surface area contributed by atoms with Crippen LogP contribution in [0.4, 0.5) is 5.69 Å². The van der Waals surface area contributed by atoms with Gasteiger partial charge in [0.2, 0.25) is 11.8 Å². The molecule has 2 heterocycles. The van der Waals surface area contributed by atoms with Crippen molar-refractivity contribution in [1.29, 1.82) is 0 Å². The molecule has 0 bridgehead atoms. The Morgan fingerprint density at radius 3 is 2.79 bits per heavy atom. The highest BCUT2D eigenvalue weighted by atomic mass is 16.2. The summed E-state index contributed by atoms with van der Waals surface area (Å²) in [7, 11) is 3.81. The predicted molar refractivity (Wildman–Crippen MR) is 109 cm³/mol. The summed E-state index contributed by atoms with van der Waals surface area (Å²) in [4.78, 5) is 36.9. The van der Waals surface area contributed by atoms with Crippen molar-refractivity contribution in [2.45, 2.75) is 25.7 Å². The van der Waals surface area contributed by atoms with Crippen LogP contribution in [0.5, 0.6) is 0 Å². The Labute approximate surface area is 165 Å². The molecule has 0 aliphatic carbocycles. The quantitative estimate of drug-likeness (QED) is 0.860. The van der Waals surface area contributed by atoms with Crippen molar-refractivity contribution in [3.05, 3.63) is 42.4 Å². The van der Waals surface area contributed by atoms with E-state index in [1.807, 2.05) is 48.2 Å². The van der Waals surface area contributed by atoms with Crippen LogP contribution in [0.15, 0.2) is 36.7 Å². The number of hydrogen-bond acceptors (Lipinski definition) is 5. The van der Waals surface area contributed by atoms with E-state index in [0.717, 1.165) is 42.0 Å². The van der Waals surface area contributed by atoms with Crippen LogP contribution in [0, 0.1) is 0 Å². The number of aromatic nitrogens is 2. The second-order valence-corrected chi connectivity index (χ2v) is 7.47. The minimum Gasteiger partial charge on any atom is -0.341 e. The molecule has 0 unspecified atom stereocenters. The summed E-state index contributed by atoms with van der Waals surface area (Å²) in [5, 5.41) is 2.81. The van der Waals surface area contributed by atoms with Crippen LogP contribution in [0.1, 0.15) is 31.4 Å². The van der Waals surface area contributed by atoms with Crippen molar-refractivity contribution in [2.24, 2.45) is 0 Å². The SMILES string of the molecule is CC(=O)Nc1cccc(-c2nccnc2[C@H]2CCCN(C(=O)CN(C)C)C2)c1. The summed E-state index contributed by atoms with van der Waals surface area (Å²) in [5.74, 6) is 0.180. The molecule has 1 atom stereocenters. The van der Waals surface area contributed by atoms with Crippen LogP contribution in [0.25, 0.3) is 11.3 Å². The van der Waals surface area contributed by atoms with Gasteiger partial charge in [0.15, 0.2) is 0 Å². The first kappa shape index (κ1) is 19.9. The molecule has 28 heavy (non-hydrogen) atoms. The summed E-state index contributed by atoms with van der Waals surface area (Å²) in [6, 6.07) is 7.62. The van der Waals surface area contributed by atoms with Crippen molar-refractivity contribution >= 4 is 17.5 Å². The highest BCUT2D eigenvalue weighted by Gasteiger charge is 2.28. The van der Waals surface area contributed by atoms with Gasteiger partial charge in [0.25, 0.3) is 0 Å². The van der Waals surface area contributed by atoms with Gasteiger partial charge < -0.3 is 15.1 Å². The molecule has 7 heteroatoms. The average Bonchev–Trinajstić information content (AvgIpc) is 2.67. The highest BCUT2D eigenvalue weighted by molar-refractivity contribution is 5.89. The molecular weight excluding hydrogens is 354 g/mol. The summed E-state index contributed by atoms with van der Waals surface area (Å²) in [6.45, 7) is 3.35. The fraction of sp³-hybridized carbons (Fsp3) is 0.429. The first-order valence-corrected chi connectivity index (χ1v) is 9.55. The number of carbonyl (C=O) groups excluding carboxylic acids is 2. The third-order valence-electron chi connectivity index (χ3n) is 4.80. The Bertz CT molecular complexity index is 852. The maximum Gasteiger partial charge on any atom is 0.236 e. The molecule has 7 nitrogen and oxygen atoms in total. The first-order chi connectivity index (χ1) is 13.4. The summed E-state index contributed by atoms with van der Waals surface area (Å²) in [5.41, 5.74) is 3.35. The Morgan fingerprint density at radius 1 is 1.25 bits per heavy atom. The highest BCUT2D eigenvalue weighted by Crippen LogP contribution is 2.32. The molecule has 3 rings (SSSR count). The lowest BCUT2D eigenvalue weighted by Crippen LogP contribution is -2.43. The number of likely N-dealkylation sites (tertiary alicyclic amines) is 1. The van der Waals surface area contributed by atoms with E-state index in [4.69, 9.17) is 0 Å². The molecule has 1 aliphatic heterocycles. The molecule has 1 aliphatic rings. The van der Waals surface area contributed by atoms with Gasteiger partial charge in [0.05, 0.1) is 17.9 Å². The number of nitrogens with one attached hydrogen (secondary N) is 1. The van der Waals surface area contributed by atoms with Gasteiger partial charge in [-0.1, -0.05) is 12.1 Å². The number of carbonyl (C=O) groups is 2. The third kappa shape index (κ3) is 4.92. The lowest BCUT2D eigenvalue weighted by molar-refractivity contribution is -0.133. The number of amides is 2. The van der Waals surface area contributed by atoms with Crippen molar-refractivity contribution in [1.82, 2.24) is 19.8 Å². The lowest BCUT2D eigenvalue weighted by Gasteiger charge is -2.33. The van der Waals surface area contributed by atoms with Crippen LogP contribution < -0.4 is 5.32 Å². The molecule has 2 amide bonds. The molecule has 1 saturated heterocycles. The second-order valence-electron chi connectivity index (χ2n) is 7.47. The summed E-state index contributed by atoms with van der Waals surface area (Å²) in [6.07, 6.45) is 5.31. The van der Waals surface area contributed by atoms with Gasteiger partial charge in [0, 0.05) is 49.6 Å². The summed E-state index contributed by atoms with van der Waals surface area (Å²) >= 11 is 0. The number of rotatable bonds is 5. The molecule has 148 valence electrons. The van der Waals surface area contributed by atoms with Crippen molar-refractivity contribution in [3.8, 4) is 11.3 Å². The van der Waals surface area contributed by atoms with E-state index in [9.17, 15) is 9.59 Å². The van der Waals surface area contributed by atoms with Gasteiger partial charge in [-0.2, -0.15) is 0 Å². The first-order valence-electron chi connectivity index (χ1n) is 9.55. The zero-order chi connectivity index (χ0) is 20.1. The molecule has 2 aromatic rings. The van der Waals surface area contributed by atoms with E-state index < -0.39 is 0 Å². The van der Waals surface area contributed by atoms with Crippen LogP contribution in [0.2, 0.25) is 0 Å². The monoisotopic (exact) mass is 381 g/mol. The van der Waals surface area contributed by atoms with Crippen LogP contribution in [-0.4, -0.2) is 65.3 Å². The number of piperidine rings is 1. The number of likely N-dealkylation sites (N-methyl/N-ethyl adjacent to an activating group) is 1. The molecule has 1 N–H and O–H groups in total.